The van der Waals surface area contributed by atoms with Crippen LogP contribution in [-0.4, -0.2) is 14.5 Å². The summed E-state index contributed by atoms with van der Waals surface area (Å²) in [5, 5.41) is 0. The molecular weight excluding hydrogens is 310 g/mol. The molecule has 1 saturated carbocycles. The molecule has 5 nitrogen and oxygen atoms in total. The van der Waals surface area contributed by atoms with Crippen molar-refractivity contribution in [1.82, 2.24) is 14.5 Å². The van der Waals surface area contributed by atoms with E-state index in [-0.39, 0.29) is 11.4 Å². The lowest BCUT2D eigenvalue weighted by molar-refractivity contribution is 0.439. The van der Waals surface area contributed by atoms with Gasteiger partial charge < -0.3 is 9.30 Å². The summed E-state index contributed by atoms with van der Waals surface area (Å²) in [7, 11) is 0. The fourth-order valence-corrected chi connectivity index (χ4v) is 2.30. The summed E-state index contributed by atoms with van der Waals surface area (Å²) < 4.78 is 7.80. The second kappa shape index (κ2) is 4.77. The molecule has 98 valence electrons. The molecule has 1 aliphatic rings. The maximum absolute atomic E-state index is 12.2. The second-order valence-electron chi connectivity index (χ2n) is 4.52. The number of ether oxygens (including phenoxy) is 1. The van der Waals surface area contributed by atoms with Crippen molar-refractivity contribution in [2.45, 2.75) is 25.8 Å². The summed E-state index contributed by atoms with van der Waals surface area (Å²) in [4.78, 5) is 20.4. The first-order valence-electron chi connectivity index (χ1n) is 6.03. The van der Waals surface area contributed by atoms with Gasteiger partial charge in [-0.05, 0) is 47.8 Å². The van der Waals surface area contributed by atoms with Crippen molar-refractivity contribution < 1.29 is 4.74 Å². The Hall–Kier alpha value is -1.69. The van der Waals surface area contributed by atoms with E-state index in [9.17, 15) is 4.79 Å². The van der Waals surface area contributed by atoms with Crippen LogP contribution in [0.25, 0.3) is 0 Å². The molecule has 0 saturated heterocycles. The quantitative estimate of drug-likeness (QED) is 0.816. The molecule has 1 aliphatic carbocycles. The van der Waals surface area contributed by atoms with Crippen LogP contribution in [0, 0.1) is 6.92 Å². The van der Waals surface area contributed by atoms with Crippen LogP contribution in [0.3, 0.4) is 0 Å². The molecule has 0 radical (unpaired) electrons. The maximum atomic E-state index is 12.2. The van der Waals surface area contributed by atoms with E-state index < -0.39 is 0 Å². The Morgan fingerprint density at radius 1 is 1.42 bits per heavy atom. The van der Waals surface area contributed by atoms with E-state index in [0.717, 1.165) is 18.5 Å². The average molecular weight is 322 g/mol. The zero-order valence-electron chi connectivity index (χ0n) is 10.3. The second-order valence-corrected chi connectivity index (χ2v) is 5.27. The van der Waals surface area contributed by atoms with E-state index in [1.54, 1.807) is 23.0 Å². The van der Waals surface area contributed by atoms with Gasteiger partial charge in [0.15, 0.2) is 5.75 Å². The highest BCUT2D eigenvalue weighted by Gasteiger charge is 2.25. The van der Waals surface area contributed by atoms with Crippen molar-refractivity contribution in [1.29, 1.82) is 0 Å². The van der Waals surface area contributed by atoms with Crippen molar-refractivity contribution >= 4 is 15.9 Å². The van der Waals surface area contributed by atoms with Crippen LogP contribution in [0.4, 0.5) is 0 Å². The summed E-state index contributed by atoms with van der Waals surface area (Å²) in [6.07, 6.45) is 5.37. The Bertz CT molecular complexity index is 680. The van der Waals surface area contributed by atoms with Crippen molar-refractivity contribution in [3.05, 3.63) is 45.2 Å². The van der Waals surface area contributed by atoms with E-state index in [0.29, 0.717) is 16.4 Å². The highest BCUT2D eigenvalue weighted by Crippen LogP contribution is 2.33. The zero-order valence-corrected chi connectivity index (χ0v) is 11.9. The van der Waals surface area contributed by atoms with Crippen LogP contribution >= 0.6 is 15.9 Å². The van der Waals surface area contributed by atoms with Gasteiger partial charge in [-0.2, -0.15) is 0 Å². The molecule has 3 rings (SSSR count). The molecule has 0 aliphatic heterocycles. The number of aryl methyl sites for hydroxylation is 1. The first-order valence-corrected chi connectivity index (χ1v) is 6.82. The molecule has 0 amide bonds. The van der Waals surface area contributed by atoms with Gasteiger partial charge in [0.2, 0.25) is 0 Å². The van der Waals surface area contributed by atoms with Crippen LogP contribution in [0.2, 0.25) is 0 Å². The van der Waals surface area contributed by atoms with Gasteiger partial charge in [-0.1, -0.05) is 0 Å². The van der Waals surface area contributed by atoms with E-state index in [1.165, 1.54) is 0 Å². The van der Waals surface area contributed by atoms with E-state index in [2.05, 4.69) is 25.9 Å². The zero-order chi connectivity index (χ0) is 13.4. The largest absolute Gasteiger partial charge is 0.432 e. The van der Waals surface area contributed by atoms with Gasteiger partial charge in [-0.25, -0.2) is 9.97 Å². The number of pyridine rings is 1. The molecule has 1 fully saturated rings. The number of aromatic nitrogens is 3. The molecule has 0 spiro atoms. The molecule has 0 bridgehead atoms. The average Bonchev–Trinajstić information content (AvgIpc) is 3.19. The normalized spacial score (nSPS) is 14.4. The Balaban J connectivity index is 1.95. The molecule has 0 N–H and O–H groups in total. The first kappa shape index (κ1) is 12.3. The number of halogens is 1. The fourth-order valence-electron chi connectivity index (χ4n) is 1.81. The Labute approximate surface area is 118 Å². The van der Waals surface area contributed by atoms with Crippen molar-refractivity contribution in [3.8, 4) is 11.6 Å². The first-order chi connectivity index (χ1) is 9.15. The van der Waals surface area contributed by atoms with E-state index in [4.69, 9.17) is 4.74 Å². The number of hydrogen-bond acceptors (Lipinski definition) is 4. The molecule has 2 aromatic rings. The van der Waals surface area contributed by atoms with Crippen LogP contribution in [0.1, 0.15) is 24.6 Å². The molecule has 0 aromatic carbocycles. The van der Waals surface area contributed by atoms with Gasteiger partial charge in [0.25, 0.3) is 5.88 Å². The minimum Gasteiger partial charge on any atom is -0.432 e. The van der Waals surface area contributed by atoms with Gasteiger partial charge in [-0.3, -0.25) is 4.79 Å². The molecule has 0 unspecified atom stereocenters. The molecular formula is C13H12BrN3O2. The Morgan fingerprint density at radius 3 is 2.89 bits per heavy atom. The predicted molar refractivity (Wildman–Crippen MR) is 73.5 cm³/mol. The van der Waals surface area contributed by atoms with Crippen LogP contribution < -0.4 is 10.3 Å². The van der Waals surface area contributed by atoms with Gasteiger partial charge >= 0.3 is 5.56 Å². The van der Waals surface area contributed by atoms with Crippen LogP contribution in [0.5, 0.6) is 11.6 Å². The highest BCUT2D eigenvalue weighted by atomic mass is 79.9. The summed E-state index contributed by atoms with van der Waals surface area (Å²) in [5.41, 5.74) is 0.674. The molecule has 19 heavy (non-hydrogen) atoms. The Kier molecular flexibility index (Phi) is 3.10. The summed E-state index contributed by atoms with van der Waals surface area (Å²) in [5.74, 6) is 0.574. The monoisotopic (exact) mass is 321 g/mol. The summed E-state index contributed by atoms with van der Waals surface area (Å²) >= 11 is 3.32. The van der Waals surface area contributed by atoms with Crippen LogP contribution in [-0.2, 0) is 0 Å². The third-order valence-electron chi connectivity index (χ3n) is 2.94. The highest BCUT2D eigenvalue weighted by molar-refractivity contribution is 9.10. The molecule has 2 heterocycles. The smallest absolute Gasteiger partial charge is 0.313 e. The predicted octanol–water partition coefficient (Wildman–Crippen LogP) is 2.84. The topological polar surface area (TPSA) is 57.0 Å². The van der Waals surface area contributed by atoms with Gasteiger partial charge in [0, 0.05) is 24.1 Å². The molecule has 0 atom stereocenters. The lowest BCUT2D eigenvalue weighted by atomic mass is 10.4. The SMILES string of the molecule is Cc1ccc(Oc2nccn(C3CC3)c2=O)c(Br)n1. The van der Waals surface area contributed by atoms with Crippen molar-refractivity contribution in [3.63, 3.8) is 0 Å². The lowest BCUT2D eigenvalue weighted by Gasteiger charge is -2.08. The summed E-state index contributed by atoms with van der Waals surface area (Å²) in [6, 6.07) is 3.89. The molecule has 6 heteroatoms. The van der Waals surface area contributed by atoms with Crippen LogP contribution in [0.15, 0.2) is 33.9 Å². The van der Waals surface area contributed by atoms with Crippen molar-refractivity contribution in [2.75, 3.05) is 0 Å². The minimum absolute atomic E-state index is 0.0840. The summed E-state index contributed by atoms with van der Waals surface area (Å²) in [6.45, 7) is 1.88. The minimum atomic E-state index is -0.197. The third-order valence-corrected chi connectivity index (χ3v) is 3.51. The van der Waals surface area contributed by atoms with Gasteiger partial charge in [0.05, 0.1) is 0 Å². The lowest BCUT2D eigenvalue weighted by Crippen LogP contribution is -2.20. The number of nitrogens with zero attached hydrogens (tertiary/aromatic N) is 3. The van der Waals surface area contributed by atoms with E-state index in [1.807, 2.05) is 13.0 Å². The fraction of sp³-hybridized carbons (Fsp3) is 0.308. The standard InChI is InChI=1S/C13H12BrN3O2/c1-8-2-5-10(11(14)16-8)19-12-13(18)17(7-6-15-12)9-3-4-9/h2,5-7,9H,3-4H2,1H3. The van der Waals surface area contributed by atoms with E-state index >= 15 is 0 Å². The maximum Gasteiger partial charge on any atom is 0.313 e. The number of hydrogen-bond donors (Lipinski definition) is 0. The van der Waals surface area contributed by atoms with Crippen molar-refractivity contribution in [2.24, 2.45) is 0 Å². The molecule has 2 aromatic heterocycles. The van der Waals surface area contributed by atoms with Gasteiger partial charge in [-0.15, -0.1) is 0 Å². The number of rotatable bonds is 3. The third kappa shape index (κ3) is 2.53. The Morgan fingerprint density at radius 2 is 2.21 bits per heavy atom. The van der Waals surface area contributed by atoms with Gasteiger partial charge in [0.1, 0.15) is 4.60 Å².